The minimum atomic E-state index is -1.19. The Morgan fingerprint density at radius 1 is 0.673 bits per heavy atom. The monoisotopic (exact) mass is 658 g/mol. The number of aliphatic imine (C=N–C) groups is 2. The van der Waals surface area contributed by atoms with Crippen LogP contribution in [0.5, 0.6) is 0 Å². The second kappa shape index (κ2) is 13.2. The van der Waals surface area contributed by atoms with E-state index >= 15 is 0 Å². The molecule has 0 atom stereocenters. The molecular weight excluding hydrogens is 624 g/mol. The number of fused-ring (bicyclic) bond motifs is 4. The van der Waals surface area contributed by atoms with Gasteiger partial charge in [0.2, 0.25) is 0 Å². The topological polar surface area (TPSA) is 169 Å². The Morgan fingerprint density at radius 3 is 1.45 bits per heavy atom. The first kappa shape index (κ1) is 32.9. The van der Waals surface area contributed by atoms with E-state index in [9.17, 15) is 29.4 Å². The fourth-order valence-electron chi connectivity index (χ4n) is 6.25. The van der Waals surface area contributed by atoms with E-state index in [2.05, 4.69) is 20.0 Å². The van der Waals surface area contributed by atoms with Crippen LogP contribution in [-0.4, -0.2) is 66.8 Å². The van der Waals surface area contributed by atoms with Crippen LogP contribution in [0, 0.1) is 13.8 Å². The summed E-state index contributed by atoms with van der Waals surface area (Å²) < 4.78 is 2.71. The van der Waals surface area contributed by atoms with Crippen molar-refractivity contribution in [3.63, 3.8) is 0 Å². The molecule has 6 aromatic rings. The number of aromatic carboxylic acids is 2. The summed E-state index contributed by atoms with van der Waals surface area (Å²) in [6, 6.07) is 14.5. The maximum Gasteiger partial charge on any atom is 0.339 e. The van der Waals surface area contributed by atoms with E-state index in [4.69, 9.17) is 0 Å². The van der Waals surface area contributed by atoms with Crippen molar-refractivity contribution in [2.24, 2.45) is 9.98 Å². The van der Waals surface area contributed by atoms with Gasteiger partial charge >= 0.3 is 11.9 Å². The lowest BCUT2D eigenvalue weighted by Gasteiger charge is -2.14. The first-order chi connectivity index (χ1) is 23.5. The van der Waals surface area contributed by atoms with Gasteiger partial charge in [-0.1, -0.05) is 36.4 Å². The summed E-state index contributed by atoms with van der Waals surface area (Å²) in [6.07, 6.45) is 4.15. The molecule has 248 valence electrons. The van der Waals surface area contributed by atoms with Gasteiger partial charge in [0, 0.05) is 48.7 Å². The zero-order chi connectivity index (χ0) is 35.0. The fraction of sp³-hybridized carbons (Fsp3) is 0.243. The summed E-state index contributed by atoms with van der Waals surface area (Å²) >= 11 is 0. The molecule has 2 N–H and O–H groups in total. The lowest BCUT2D eigenvalue weighted by atomic mass is 10.1. The maximum absolute atomic E-state index is 13.6. The summed E-state index contributed by atoms with van der Waals surface area (Å²) in [5.74, 6) is -2.38. The number of pyridine rings is 4. The van der Waals surface area contributed by atoms with Gasteiger partial charge in [0.05, 0.1) is 45.9 Å². The molecule has 12 heteroatoms. The van der Waals surface area contributed by atoms with E-state index in [1.54, 1.807) is 26.2 Å². The van der Waals surface area contributed by atoms with Gasteiger partial charge in [0.1, 0.15) is 11.1 Å². The summed E-state index contributed by atoms with van der Waals surface area (Å²) in [5, 5.41) is 21.9. The van der Waals surface area contributed by atoms with Crippen LogP contribution in [0.15, 0.2) is 80.5 Å². The number of carbonyl (C=O) groups is 2. The number of nitrogens with zero attached hydrogens (tertiary/aromatic N) is 6. The van der Waals surface area contributed by atoms with Gasteiger partial charge in [0.15, 0.2) is 0 Å². The van der Waals surface area contributed by atoms with Crippen molar-refractivity contribution in [2.75, 3.05) is 14.1 Å². The SMILES string of the molecule is CN=C(CCCC(Cn1cc(C(=O)O)c2nc3c(C)cccc3cc2c1=O)=NC)Cn1cc(C(=O)O)c2nc3c(C)cccc3cc2c1=O. The Morgan fingerprint density at radius 2 is 1.08 bits per heavy atom. The second-order valence-corrected chi connectivity index (χ2v) is 12.1. The summed E-state index contributed by atoms with van der Waals surface area (Å²) in [7, 11) is 3.24. The molecule has 6 rings (SSSR count). The van der Waals surface area contributed by atoms with E-state index in [1.807, 2.05) is 50.2 Å². The number of hydrogen-bond acceptors (Lipinski definition) is 8. The van der Waals surface area contributed by atoms with Gasteiger partial charge in [-0.25, -0.2) is 19.6 Å². The molecule has 4 aromatic heterocycles. The Labute approximate surface area is 279 Å². The molecule has 12 nitrogen and oxygen atoms in total. The normalized spacial score (nSPS) is 12.4. The third-order valence-electron chi connectivity index (χ3n) is 8.89. The molecule has 4 heterocycles. The highest BCUT2D eigenvalue weighted by molar-refractivity contribution is 6.06. The summed E-state index contributed by atoms with van der Waals surface area (Å²) in [5.41, 5.74) is 3.79. The van der Waals surface area contributed by atoms with E-state index in [0.29, 0.717) is 41.7 Å². The van der Waals surface area contributed by atoms with Crippen molar-refractivity contribution < 1.29 is 19.8 Å². The third-order valence-corrected chi connectivity index (χ3v) is 8.89. The van der Waals surface area contributed by atoms with E-state index in [1.165, 1.54) is 21.5 Å². The minimum absolute atomic E-state index is 0.0736. The Kier molecular flexibility index (Phi) is 8.87. The predicted molar refractivity (Wildman–Crippen MR) is 191 cm³/mol. The zero-order valence-electron chi connectivity index (χ0n) is 27.5. The van der Waals surface area contributed by atoms with Gasteiger partial charge in [-0.15, -0.1) is 0 Å². The number of hydrogen-bond donors (Lipinski definition) is 2. The Balaban J connectivity index is 1.23. The molecule has 0 unspecified atom stereocenters. The molecule has 49 heavy (non-hydrogen) atoms. The van der Waals surface area contributed by atoms with Crippen molar-refractivity contribution in [3.8, 4) is 0 Å². The Bertz CT molecular complexity index is 2350. The number of carboxylic acid groups (broad SMARTS) is 2. The molecule has 0 bridgehead atoms. The third kappa shape index (κ3) is 6.20. The number of benzene rings is 2. The van der Waals surface area contributed by atoms with Gasteiger partial charge in [-0.2, -0.15) is 0 Å². The molecule has 0 aliphatic heterocycles. The van der Waals surface area contributed by atoms with Crippen molar-refractivity contribution >= 4 is 67.0 Å². The Hall–Kier alpha value is -6.04. The fourth-order valence-corrected chi connectivity index (χ4v) is 6.25. The molecule has 0 amide bonds. The molecule has 0 saturated carbocycles. The predicted octanol–water partition coefficient (Wildman–Crippen LogP) is 5.44. The van der Waals surface area contributed by atoms with Crippen molar-refractivity contribution in [3.05, 3.63) is 104 Å². The first-order valence-corrected chi connectivity index (χ1v) is 15.7. The van der Waals surface area contributed by atoms with Gasteiger partial charge in [-0.05, 0) is 56.4 Å². The molecule has 0 fully saturated rings. The lowest BCUT2D eigenvalue weighted by molar-refractivity contribution is 0.0687. The van der Waals surface area contributed by atoms with Gasteiger partial charge < -0.3 is 19.3 Å². The lowest BCUT2D eigenvalue weighted by Crippen LogP contribution is -2.27. The van der Waals surface area contributed by atoms with Crippen molar-refractivity contribution in [2.45, 2.75) is 46.2 Å². The molecule has 0 spiro atoms. The standard InChI is InChI=1S/C37H34N6O6/c1-20-8-5-10-22-14-26-32(40-30(20)22)28(36(46)47)18-42(34(26)44)16-24(38-3)12-7-13-25(39-4)17-43-19-29(37(48)49)33-27(35(43)45)15-23-11-6-9-21(2)31(23)41-33/h5-6,8-11,14-15,18-19H,7,12-13,16-17H2,1-4H3,(H,46,47)(H,48,49). The number of para-hydroxylation sites is 2. The average Bonchev–Trinajstić information content (AvgIpc) is 3.08. The van der Waals surface area contributed by atoms with E-state index in [-0.39, 0.29) is 57.1 Å². The average molecular weight is 659 g/mol. The van der Waals surface area contributed by atoms with Crippen molar-refractivity contribution in [1.82, 2.24) is 19.1 Å². The van der Waals surface area contributed by atoms with Crippen LogP contribution in [-0.2, 0) is 13.1 Å². The van der Waals surface area contributed by atoms with Crippen LogP contribution < -0.4 is 11.1 Å². The largest absolute Gasteiger partial charge is 0.478 e. The minimum Gasteiger partial charge on any atom is -0.478 e. The number of aryl methyl sites for hydroxylation is 2. The maximum atomic E-state index is 13.6. The molecule has 0 aliphatic rings. The molecule has 0 saturated heterocycles. The van der Waals surface area contributed by atoms with E-state index in [0.717, 1.165) is 21.9 Å². The smallest absolute Gasteiger partial charge is 0.339 e. The van der Waals surface area contributed by atoms with Crippen LogP contribution in [0.2, 0.25) is 0 Å². The quantitative estimate of drug-likeness (QED) is 0.145. The molecule has 0 radical (unpaired) electrons. The van der Waals surface area contributed by atoms with Gasteiger partial charge in [0.25, 0.3) is 11.1 Å². The highest BCUT2D eigenvalue weighted by Gasteiger charge is 2.20. The molecular formula is C37H34N6O6. The van der Waals surface area contributed by atoms with Crippen LogP contribution in [0.1, 0.15) is 51.1 Å². The van der Waals surface area contributed by atoms with Crippen LogP contribution in [0.4, 0.5) is 0 Å². The van der Waals surface area contributed by atoms with E-state index < -0.39 is 11.9 Å². The summed E-state index contributed by atoms with van der Waals surface area (Å²) in [6.45, 7) is 3.94. The number of carboxylic acids is 2. The number of aromatic nitrogens is 4. The second-order valence-electron chi connectivity index (χ2n) is 12.1. The summed E-state index contributed by atoms with van der Waals surface area (Å²) in [4.78, 5) is 69.6. The highest BCUT2D eigenvalue weighted by atomic mass is 16.4. The van der Waals surface area contributed by atoms with Crippen molar-refractivity contribution in [1.29, 1.82) is 0 Å². The van der Waals surface area contributed by atoms with Crippen LogP contribution in [0.25, 0.3) is 43.6 Å². The molecule has 0 aliphatic carbocycles. The first-order valence-electron chi connectivity index (χ1n) is 15.7. The van der Waals surface area contributed by atoms with Crippen LogP contribution >= 0.6 is 0 Å². The van der Waals surface area contributed by atoms with Crippen LogP contribution in [0.3, 0.4) is 0 Å². The van der Waals surface area contributed by atoms with Gasteiger partial charge in [-0.3, -0.25) is 19.6 Å². The number of rotatable bonds is 10. The molecule has 2 aromatic carbocycles. The zero-order valence-corrected chi connectivity index (χ0v) is 27.5. The highest BCUT2D eigenvalue weighted by Crippen LogP contribution is 2.24.